The highest BCUT2D eigenvalue weighted by molar-refractivity contribution is 14.1. The summed E-state index contributed by atoms with van der Waals surface area (Å²) in [7, 11) is 0. The number of ether oxygens (including phenoxy) is 2. The minimum absolute atomic E-state index is 0.182. The molecule has 0 aliphatic rings. The summed E-state index contributed by atoms with van der Waals surface area (Å²) in [6.45, 7) is 2.41. The molecule has 0 atom stereocenters. The Labute approximate surface area is 217 Å². The lowest BCUT2D eigenvalue weighted by atomic mass is 10.1. The van der Waals surface area contributed by atoms with Crippen molar-refractivity contribution in [2.75, 3.05) is 12.0 Å². The smallest absolute Gasteiger partial charge is 0.416 e. The predicted molar refractivity (Wildman–Crippen MR) is 135 cm³/mol. The molecule has 0 radical (unpaired) electrons. The molecule has 35 heavy (non-hydrogen) atoms. The molecule has 0 spiro atoms. The van der Waals surface area contributed by atoms with E-state index in [1.165, 1.54) is 6.21 Å². The number of rotatable bonds is 9. The van der Waals surface area contributed by atoms with Gasteiger partial charge in [-0.1, -0.05) is 29.8 Å². The standard InChI is InChI=1S/C23H18ClF3IN3O4/c1-2-34-21-10-14(9-18(28)22(21)35-13-15-5-3-4-6-17(15)24)12-29-30-19-8-7-16(23(25,26)27)11-20(19)31(32)33/h3-12,30H,2,13H2,1H3/b29-12-. The monoisotopic (exact) mass is 619 g/mol. The van der Waals surface area contributed by atoms with Crippen molar-refractivity contribution in [2.24, 2.45) is 5.10 Å². The molecule has 0 saturated heterocycles. The van der Waals surface area contributed by atoms with Gasteiger partial charge >= 0.3 is 6.18 Å². The van der Waals surface area contributed by atoms with Crippen LogP contribution < -0.4 is 14.9 Å². The van der Waals surface area contributed by atoms with Crippen LogP contribution in [0.5, 0.6) is 11.5 Å². The summed E-state index contributed by atoms with van der Waals surface area (Å²) in [6, 6.07) is 12.9. The highest BCUT2D eigenvalue weighted by atomic mass is 127. The molecule has 0 saturated carbocycles. The van der Waals surface area contributed by atoms with Crippen molar-refractivity contribution >= 4 is 51.8 Å². The Kier molecular flexibility index (Phi) is 8.78. The molecule has 3 aromatic rings. The molecule has 3 rings (SSSR count). The zero-order chi connectivity index (χ0) is 25.6. The number of hydrogen-bond donors (Lipinski definition) is 1. The van der Waals surface area contributed by atoms with Gasteiger partial charge < -0.3 is 9.47 Å². The minimum Gasteiger partial charge on any atom is -0.490 e. The summed E-state index contributed by atoms with van der Waals surface area (Å²) in [4.78, 5) is 10.3. The fourth-order valence-electron chi connectivity index (χ4n) is 2.96. The first-order valence-electron chi connectivity index (χ1n) is 10.1. The van der Waals surface area contributed by atoms with Crippen molar-refractivity contribution in [3.63, 3.8) is 0 Å². The molecule has 184 valence electrons. The number of hydrazone groups is 1. The van der Waals surface area contributed by atoms with Gasteiger partial charge in [-0.05, 0) is 65.4 Å². The van der Waals surface area contributed by atoms with E-state index in [9.17, 15) is 23.3 Å². The second-order valence-electron chi connectivity index (χ2n) is 7.00. The molecule has 7 nitrogen and oxygen atoms in total. The third kappa shape index (κ3) is 6.98. The van der Waals surface area contributed by atoms with Gasteiger partial charge in [0.25, 0.3) is 5.69 Å². The van der Waals surface area contributed by atoms with Crippen molar-refractivity contribution in [1.29, 1.82) is 0 Å². The van der Waals surface area contributed by atoms with Crippen LogP contribution in [0.4, 0.5) is 24.5 Å². The van der Waals surface area contributed by atoms with Gasteiger partial charge in [0.15, 0.2) is 11.5 Å². The molecule has 0 aliphatic heterocycles. The zero-order valence-electron chi connectivity index (χ0n) is 18.1. The summed E-state index contributed by atoms with van der Waals surface area (Å²) in [5.41, 5.74) is 1.76. The fourth-order valence-corrected chi connectivity index (χ4v) is 3.93. The first kappa shape index (κ1) is 26.5. The molecule has 0 amide bonds. The number of nitro groups is 1. The van der Waals surface area contributed by atoms with E-state index in [1.807, 2.05) is 25.1 Å². The van der Waals surface area contributed by atoms with Gasteiger partial charge in [-0.2, -0.15) is 18.3 Å². The van der Waals surface area contributed by atoms with E-state index in [-0.39, 0.29) is 12.3 Å². The summed E-state index contributed by atoms with van der Waals surface area (Å²) in [6.07, 6.45) is -3.33. The Balaban J connectivity index is 1.81. The van der Waals surface area contributed by atoms with Crippen LogP contribution in [0, 0.1) is 13.7 Å². The molecule has 0 fully saturated rings. The highest BCUT2D eigenvalue weighted by Crippen LogP contribution is 2.36. The predicted octanol–water partition coefficient (Wildman–Crippen LogP) is 7.30. The zero-order valence-corrected chi connectivity index (χ0v) is 21.0. The second-order valence-corrected chi connectivity index (χ2v) is 8.57. The van der Waals surface area contributed by atoms with E-state index in [0.29, 0.717) is 38.3 Å². The van der Waals surface area contributed by atoms with Gasteiger partial charge in [-0.25, -0.2) is 0 Å². The minimum atomic E-state index is -4.70. The van der Waals surface area contributed by atoms with Crippen LogP contribution in [-0.4, -0.2) is 17.7 Å². The maximum atomic E-state index is 12.9. The second kappa shape index (κ2) is 11.6. The fraction of sp³-hybridized carbons (Fsp3) is 0.174. The number of nitrogens with zero attached hydrogens (tertiary/aromatic N) is 2. The lowest BCUT2D eigenvalue weighted by Gasteiger charge is -2.15. The van der Waals surface area contributed by atoms with Gasteiger partial charge in [0.1, 0.15) is 12.3 Å². The van der Waals surface area contributed by atoms with Crippen molar-refractivity contribution in [3.8, 4) is 11.5 Å². The van der Waals surface area contributed by atoms with Gasteiger partial charge in [0.2, 0.25) is 0 Å². The van der Waals surface area contributed by atoms with Crippen molar-refractivity contribution in [1.82, 2.24) is 0 Å². The van der Waals surface area contributed by atoms with Crippen molar-refractivity contribution in [2.45, 2.75) is 19.7 Å². The normalized spacial score (nSPS) is 11.5. The topological polar surface area (TPSA) is 86.0 Å². The number of anilines is 1. The van der Waals surface area contributed by atoms with Crippen molar-refractivity contribution < 1.29 is 27.6 Å². The Bertz CT molecular complexity index is 1260. The molecule has 0 aromatic heterocycles. The van der Waals surface area contributed by atoms with Gasteiger partial charge in [0.05, 0.1) is 26.9 Å². The first-order chi connectivity index (χ1) is 16.6. The lowest BCUT2D eigenvalue weighted by molar-refractivity contribution is -0.384. The number of nitrogens with one attached hydrogen (secondary N) is 1. The van der Waals surface area contributed by atoms with Crippen LogP contribution in [0.3, 0.4) is 0 Å². The third-order valence-electron chi connectivity index (χ3n) is 4.58. The van der Waals surface area contributed by atoms with Crippen LogP contribution in [0.25, 0.3) is 0 Å². The molecular weight excluding hydrogens is 602 g/mol. The van der Waals surface area contributed by atoms with E-state index in [4.69, 9.17) is 21.1 Å². The number of alkyl halides is 3. The van der Waals surface area contributed by atoms with Crippen LogP contribution >= 0.6 is 34.2 Å². The van der Waals surface area contributed by atoms with Gasteiger partial charge in [-0.3, -0.25) is 15.5 Å². The number of benzene rings is 3. The maximum Gasteiger partial charge on any atom is 0.416 e. The Morgan fingerprint density at radius 3 is 2.57 bits per heavy atom. The Morgan fingerprint density at radius 1 is 1.17 bits per heavy atom. The molecule has 3 aromatic carbocycles. The van der Waals surface area contributed by atoms with E-state index in [0.717, 1.165) is 17.7 Å². The van der Waals surface area contributed by atoms with E-state index in [1.54, 1.807) is 18.2 Å². The van der Waals surface area contributed by atoms with Crippen LogP contribution in [0.1, 0.15) is 23.6 Å². The average Bonchev–Trinajstić information content (AvgIpc) is 2.79. The lowest BCUT2D eigenvalue weighted by Crippen LogP contribution is -2.06. The van der Waals surface area contributed by atoms with E-state index >= 15 is 0 Å². The first-order valence-corrected chi connectivity index (χ1v) is 11.5. The third-order valence-corrected chi connectivity index (χ3v) is 5.75. The molecule has 0 aliphatic carbocycles. The van der Waals surface area contributed by atoms with E-state index in [2.05, 4.69) is 33.1 Å². The van der Waals surface area contributed by atoms with Gasteiger partial charge in [0, 0.05) is 16.7 Å². The van der Waals surface area contributed by atoms with Crippen LogP contribution in [0.2, 0.25) is 5.02 Å². The summed E-state index contributed by atoms with van der Waals surface area (Å²) >= 11 is 8.27. The number of halogens is 5. The highest BCUT2D eigenvalue weighted by Gasteiger charge is 2.33. The Hall–Kier alpha value is -3.06. The van der Waals surface area contributed by atoms with Crippen molar-refractivity contribution in [3.05, 3.63) is 90.0 Å². The average molecular weight is 620 g/mol. The molecule has 12 heteroatoms. The Morgan fingerprint density at radius 2 is 1.91 bits per heavy atom. The van der Waals surface area contributed by atoms with Crippen LogP contribution in [0.15, 0.2) is 59.7 Å². The largest absolute Gasteiger partial charge is 0.490 e. The maximum absolute atomic E-state index is 12.9. The number of hydrogen-bond acceptors (Lipinski definition) is 6. The summed E-state index contributed by atoms with van der Waals surface area (Å²) < 4.78 is 51.0. The quantitative estimate of drug-likeness (QED) is 0.118. The molecule has 0 unspecified atom stereocenters. The SMILES string of the molecule is CCOc1cc(/C=N\Nc2ccc(C(F)(F)F)cc2[N+](=O)[O-])cc(I)c1OCc1ccccc1Cl. The van der Waals surface area contributed by atoms with E-state index < -0.39 is 22.4 Å². The molecule has 1 N–H and O–H groups in total. The molecule has 0 heterocycles. The summed E-state index contributed by atoms with van der Waals surface area (Å²) in [5, 5.41) is 15.7. The number of nitro benzene ring substituents is 1. The molecule has 0 bridgehead atoms. The molecular formula is C23H18ClF3IN3O4. The summed E-state index contributed by atoms with van der Waals surface area (Å²) in [5.74, 6) is 0.962. The van der Waals surface area contributed by atoms with Crippen LogP contribution in [-0.2, 0) is 12.8 Å². The van der Waals surface area contributed by atoms with Gasteiger partial charge in [-0.15, -0.1) is 0 Å².